The van der Waals surface area contributed by atoms with Crippen LogP contribution in [-0.4, -0.2) is 30.0 Å². The maximum atomic E-state index is 6.28. The minimum Gasteiger partial charge on any atom is -0.306 e. The van der Waals surface area contributed by atoms with Crippen molar-refractivity contribution in [3.63, 3.8) is 0 Å². The zero-order chi connectivity index (χ0) is 18.5. The molecule has 1 saturated heterocycles. The molecule has 3 heteroatoms. The summed E-state index contributed by atoms with van der Waals surface area (Å²) in [5, 5.41) is 0.831. The predicted molar refractivity (Wildman–Crippen MR) is 112 cm³/mol. The summed E-state index contributed by atoms with van der Waals surface area (Å²) in [6.07, 6.45) is 7.52. The van der Waals surface area contributed by atoms with Crippen LogP contribution >= 0.6 is 11.6 Å². The lowest BCUT2D eigenvalue weighted by Gasteiger charge is -2.17. The number of aryl methyl sites for hydroxylation is 2. The molecule has 2 heterocycles. The van der Waals surface area contributed by atoms with Crippen LogP contribution in [0.25, 0.3) is 5.57 Å². The first kappa shape index (κ1) is 19.1. The quantitative estimate of drug-likeness (QED) is 0.586. The van der Waals surface area contributed by atoms with E-state index in [0.717, 1.165) is 37.3 Å². The number of hydrogen-bond donors (Lipinski definition) is 0. The van der Waals surface area contributed by atoms with Gasteiger partial charge in [0.25, 0.3) is 0 Å². The highest BCUT2D eigenvalue weighted by Gasteiger charge is 2.23. The maximum Gasteiger partial charge on any atom is 0.0739 e. The van der Waals surface area contributed by atoms with E-state index >= 15 is 0 Å². The molecule has 2 aromatic rings. The Morgan fingerprint density at radius 3 is 2.62 bits per heavy atom. The fraction of sp³-hybridized carbons (Fsp3) is 0.435. The van der Waals surface area contributed by atoms with E-state index in [1.807, 2.05) is 26.1 Å². The summed E-state index contributed by atoms with van der Waals surface area (Å²) in [4.78, 5) is 7.24. The van der Waals surface area contributed by atoms with Gasteiger partial charge < -0.3 is 4.90 Å². The molecule has 0 radical (unpaired) electrons. The minimum absolute atomic E-state index is 0.831. The number of rotatable bonds is 0. The van der Waals surface area contributed by atoms with Crippen LogP contribution in [0.4, 0.5) is 0 Å². The summed E-state index contributed by atoms with van der Waals surface area (Å²) >= 11 is 6.28. The van der Waals surface area contributed by atoms with Gasteiger partial charge in [0.15, 0.2) is 0 Å². The molecule has 0 N–H and O–H groups in total. The zero-order valence-electron chi connectivity index (χ0n) is 16.2. The first-order valence-corrected chi connectivity index (χ1v) is 10.2. The Morgan fingerprint density at radius 1 is 0.962 bits per heavy atom. The summed E-state index contributed by atoms with van der Waals surface area (Å²) in [7, 11) is 2.22. The molecule has 1 aliphatic heterocycles. The molecule has 0 unspecified atom stereocenters. The lowest BCUT2D eigenvalue weighted by atomic mass is 9.90. The Hall–Kier alpha value is -1.64. The first-order chi connectivity index (χ1) is 12.7. The molecule has 1 aromatic carbocycles. The van der Waals surface area contributed by atoms with Crippen LogP contribution in [0.5, 0.6) is 0 Å². The van der Waals surface area contributed by atoms with E-state index in [9.17, 15) is 0 Å². The highest BCUT2D eigenvalue weighted by atomic mass is 35.5. The molecule has 0 atom stereocenters. The van der Waals surface area contributed by atoms with Crippen LogP contribution in [0, 0.1) is 0 Å². The SMILES string of the molecule is CC.CN1CCC/C(=C2/c3ccc(Cl)cc3CCc3cccnc32)CC1. The van der Waals surface area contributed by atoms with Gasteiger partial charge in [0, 0.05) is 23.3 Å². The second-order valence-corrected chi connectivity index (χ2v) is 7.38. The first-order valence-electron chi connectivity index (χ1n) is 9.86. The average molecular weight is 369 g/mol. The molecular formula is C23H29ClN2. The third-order valence-corrected chi connectivity index (χ3v) is 5.53. The maximum absolute atomic E-state index is 6.28. The Kier molecular flexibility index (Phi) is 6.50. The average Bonchev–Trinajstić information content (AvgIpc) is 2.97. The van der Waals surface area contributed by atoms with Gasteiger partial charge in [0.2, 0.25) is 0 Å². The molecule has 0 saturated carbocycles. The Morgan fingerprint density at radius 2 is 1.77 bits per heavy atom. The normalized spacial score (nSPS) is 20.2. The van der Waals surface area contributed by atoms with Gasteiger partial charge >= 0.3 is 0 Å². The van der Waals surface area contributed by atoms with Crippen LogP contribution in [-0.2, 0) is 12.8 Å². The predicted octanol–water partition coefficient (Wildman–Crippen LogP) is 5.78. The van der Waals surface area contributed by atoms with Crippen molar-refractivity contribution in [1.29, 1.82) is 0 Å². The van der Waals surface area contributed by atoms with Crippen LogP contribution < -0.4 is 0 Å². The minimum atomic E-state index is 0.831. The van der Waals surface area contributed by atoms with Crippen molar-refractivity contribution in [3.05, 3.63) is 69.5 Å². The summed E-state index contributed by atoms with van der Waals surface area (Å²) in [6.45, 7) is 6.31. The van der Waals surface area contributed by atoms with Crippen molar-refractivity contribution >= 4 is 17.2 Å². The summed E-state index contributed by atoms with van der Waals surface area (Å²) < 4.78 is 0. The van der Waals surface area contributed by atoms with Gasteiger partial charge in [0.1, 0.15) is 0 Å². The van der Waals surface area contributed by atoms with Crippen molar-refractivity contribution in [2.75, 3.05) is 20.1 Å². The molecular weight excluding hydrogens is 340 g/mol. The number of likely N-dealkylation sites (tertiary alicyclic amines) is 1. The van der Waals surface area contributed by atoms with Gasteiger partial charge in [-0.15, -0.1) is 0 Å². The van der Waals surface area contributed by atoms with Gasteiger partial charge in [-0.25, -0.2) is 0 Å². The third kappa shape index (κ3) is 4.02. The molecule has 1 aliphatic carbocycles. The van der Waals surface area contributed by atoms with E-state index in [2.05, 4.69) is 36.2 Å². The van der Waals surface area contributed by atoms with Gasteiger partial charge in [-0.3, -0.25) is 4.98 Å². The molecule has 1 fully saturated rings. The van der Waals surface area contributed by atoms with Crippen LogP contribution in [0.2, 0.25) is 5.02 Å². The topological polar surface area (TPSA) is 16.1 Å². The van der Waals surface area contributed by atoms with E-state index in [1.165, 1.54) is 40.9 Å². The van der Waals surface area contributed by atoms with E-state index in [0.29, 0.717) is 0 Å². The third-order valence-electron chi connectivity index (χ3n) is 5.30. The van der Waals surface area contributed by atoms with Gasteiger partial charge in [-0.1, -0.05) is 43.2 Å². The number of benzene rings is 1. The number of aromatic nitrogens is 1. The highest BCUT2D eigenvalue weighted by Crippen LogP contribution is 2.38. The van der Waals surface area contributed by atoms with Crippen molar-refractivity contribution in [1.82, 2.24) is 9.88 Å². The molecule has 4 rings (SSSR count). The molecule has 1 aromatic heterocycles. The highest BCUT2D eigenvalue weighted by molar-refractivity contribution is 6.30. The number of hydrogen-bond acceptors (Lipinski definition) is 2. The summed E-state index contributed by atoms with van der Waals surface area (Å²) in [5.74, 6) is 0. The van der Waals surface area contributed by atoms with Crippen molar-refractivity contribution < 1.29 is 0 Å². The monoisotopic (exact) mass is 368 g/mol. The molecule has 26 heavy (non-hydrogen) atoms. The zero-order valence-corrected chi connectivity index (χ0v) is 16.9. The summed E-state index contributed by atoms with van der Waals surface area (Å²) in [6, 6.07) is 10.7. The fourth-order valence-corrected chi connectivity index (χ4v) is 4.20. The number of pyridine rings is 1. The molecule has 0 spiro atoms. The van der Waals surface area contributed by atoms with Crippen LogP contribution in [0.3, 0.4) is 0 Å². The van der Waals surface area contributed by atoms with Gasteiger partial charge in [-0.2, -0.15) is 0 Å². The number of nitrogens with zero attached hydrogens (tertiary/aromatic N) is 2. The number of fused-ring (bicyclic) bond motifs is 2. The second-order valence-electron chi connectivity index (χ2n) is 6.95. The largest absolute Gasteiger partial charge is 0.306 e. The van der Waals surface area contributed by atoms with E-state index < -0.39 is 0 Å². The second kappa shape index (κ2) is 8.83. The number of halogens is 1. The molecule has 2 aliphatic rings. The molecule has 138 valence electrons. The smallest absolute Gasteiger partial charge is 0.0739 e. The van der Waals surface area contributed by atoms with E-state index in [1.54, 1.807) is 5.57 Å². The van der Waals surface area contributed by atoms with Crippen LogP contribution in [0.1, 0.15) is 55.5 Å². The lowest BCUT2D eigenvalue weighted by molar-refractivity contribution is 0.351. The fourth-order valence-electron chi connectivity index (χ4n) is 4.01. The lowest BCUT2D eigenvalue weighted by Crippen LogP contribution is -2.18. The van der Waals surface area contributed by atoms with Crippen molar-refractivity contribution in [2.24, 2.45) is 0 Å². The Balaban J connectivity index is 0.000000948. The molecule has 0 bridgehead atoms. The van der Waals surface area contributed by atoms with Crippen molar-refractivity contribution in [2.45, 2.75) is 46.0 Å². The van der Waals surface area contributed by atoms with E-state index in [4.69, 9.17) is 16.6 Å². The Bertz CT molecular complexity index is 795. The van der Waals surface area contributed by atoms with Gasteiger partial charge in [-0.05, 0) is 80.6 Å². The molecule has 2 nitrogen and oxygen atoms in total. The Labute approximate surface area is 162 Å². The van der Waals surface area contributed by atoms with Crippen molar-refractivity contribution in [3.8, 4) is 0 Å². The standard InChI is InChI=1S/C21H23ClN2.C2H6/c1-24-12-3-5-15(10-13-24)20-19-9-8-18(22)14-17(19)7-6-16-4-2-11-23-21(16)20;1-2/h2,4,8-9,11,14H,3,5-7,10,12-13H2,1H3;1-2H3/b20-15+;. The van der Waals surface area contributed by atoms with Gasteiger partial charge in [0.05, 0.1) is 5.69 Å². The molecule has 0 amide bonds. The summed E-state index contributed by atoms with van der Waals surface area (Å²) in [5.41, 5.74) is 8.20. The van der Waals surface area contributed by atoms with Crippen LogP contribution in [0.15, 0.2) is 42.1 Å². The van der Waals surface area contributed by atoms with E-state index in [-0.39, 0.29) is 0 Å².